The second-order valence-electron chi connectivity index (χ2n) is 8.94. The zero-order chi connectivity index (χ0) is 24.4. The number of aromatic nitrogens is 5. The highest BCUT2D eigenvalue weighted by Crippen LogP contribution is 2.21. The Morgan fingerprint density at radius 3 is 2.31 bits per heavy atom. The second-order valence-corrected chi connectivity index (χ2v) is 8.94. The fourth-order valence-corrected chi connectivity index (χ4v) is 4.31. The minimum absolute atomic E-state index is 0.827. The molecule has 178 valence electrons. The minimum atomic E-state index is 0.827. The van der Waals surface area contributed by atoms with E-state index in [1.807, 2.05) is 10.9 Å². The van der Waals surface area contributed by atoms with Crippen LogP contribution in [0.4, 0.5) is 5.69 Å². The van der Waals surface area contributed by atoms with Gasteiger partial charge in [0.25, 0.3) is 6.33 Å². The molecule has 3 aromatic heterocycles. The number of anilines is 1. The minimum Gasteiger partial charge on any atom is -0.378 e. The van der Waals surface area contributed by atoms with Crippen molar-refractivity contribution in [3.05, 3.63) is 91.0 Å². The maximum atomic E-state index is 4.49. The Bertz CT molecular complexity index is 1410. The van der Waals surface area contributed by atoms with E-state index in [0.717, 1.165) is 47.9 Å². The van der Waals surface area contributed by atoms with Crippen molar-refractivity contribution in [2.24, 2.45) is 0 Å². The standard InChI is InChI=1S/C28H32N7/c1-5-32(6-2)18-22-10-12-25(13-11-22)35-20-27(29-30-35)28-9-7-8-26-19-33(21-34(26)28)24-16-14-23(15-17-24)31(3)4/h7-17,19-21H,5-6,18H2,1-4H3/q+1. The topological polar surface area (TPSA) is 45.5 Å². The van der Waals surface area contributed by atoms with Crippen LogP contribution in [0.1, 0.15) is 19.4 Å². The van der Waals surface area contributed by atoms with Gasteiger partial charge in [-0.1, -0.05) is 37.3 Å². The van der Waals surface area contributed by atoms with Gasteiger partial charge in [-0.25, -0.2) is 9.25 Å². The summed E-state index contributed by atoms with van der Waals surface area (Å²) in [6.45, 7) is 7.46. The van der Waals surface area contributed by atoms with Gasteiger partial charge in [0.1, 0.15) is 11.9 Å². The summed E-state index contributed by atoms with van der Waals surface area (Å²) in [5, 5.41) is 8.91. The zero-order valence-electron chi connectivity index (χ0n) is 20.8. The van der Waals surface area contributed by atoms with Gasteiger partial charge in [-0.15, -0.1) is 5.10 Å². The lowest BCUT2D eigenvalue weighted by Gasteiger charge is -2.17. The summed E-state index contributed by atoms with van der Waals surface area (Å²) in [6.07, 6.45) is 6.22. The first-order valence-corrected chi connectivity index (χ1v) is 12.1. The molecule has 3 heterocycles. The molecule has 0 bridgehead atoms. The van der Waals surface area contributed by atoms with Crippen LogP contribution in [0.5, 0.6) is 0 Å². The molecule has 0 unspecified atom stereocenters. The monoisotopic (exact) mass is 466 g/mol. The number of fused-ring (bicyclic) bond motifs is 1. The number of pyridine rings is 1. The molecule has 7 nitrogen and oxygen atoms in total. The molecule has 0 saturated heterocycles. The molecular weight excluding hydrogens is 434 g/mol. The van der Waals surface area contributed by atoms with Crippen LogP contribution in [0.2, 0.25) is 0 Å². The van der Waals surface area contributed by atoms with Gasteiger partial charge >= 0.3 is 0 Å². The Hall–Kier alpha value is -3.97. The van der Waals surface area contributed by atoms with Crippen molar-refractivity contribution in [3.8, 4) is 22.8 Å². The smallest absolute Gasteiger partial charge is 0.254 e. The van der Waals surface area contributed by atoms with Gasteiger partial charge in [-0.05, 0) is 67.2 Å². The van der Waals surface area contributed by atoms with Crippen LogP contribution >= 0.6 is 0 Å². The van der Waals surface area contributed by atoms with Crippen molar-refractivity contribution in [2.45, 2.75) is 20.4 Å². The fourth-order valence-electron chi connectivity index (χ4n) is 4.31. The van der Waals surface area contributed by atoms with E-state index in [-0.39, 0.29) is 0 Å². The van der Waals surface area contributed by atoms with Crippen molar-refractivity contribution in [2.75, 3.05) is 32.1 Å². The summed E-state index contributed by atoms with van der Waals surface area (Å²) in [4.78, 5) is 4.51. The van der Waals surface area contributed by atoms with E-state index in [2.05, 4.69) is 136 Å². The molecule has 5 aromatic rings. The number of nitrogens with zero attached hydrogens (tertiary/aromatic N) is 7. The summed E-state index contributed by atoms with van der Waals surface area (Å²) in [7, 11) is 4.10. The summed E-state index contributed by atoms with van der Waals surface area (Å²) in [5.74, 6) is 0. The average Bonchev–Trinajstić information content (AvgIpc) is 3.55. The van der Waals surface area contributed by atoms with E-state index in [4.69, 9.17) is 0 Å². The fraction of sp³-hybridized carbons (Fsp3) is 0.250. The van der Waals surface area contributed by atoms with E-state index in [0.29, 0.717) is 0 Å². The van der Waals surface area contributed by atoms with Crippen molar-refractivity contribution in [3.63, 3.8) is 0 Å². The van der Waals surface area contributed by atoms with Crippen LogP contribution in [0.25, 0.3) is 28.3 Å². The molecule has 5 rings (SSSR count). The van der Waals surface area contributed by atoms with Crippen LogP contribution in [-0.4, -0.2) is 51.5 Å². The van der Waals surface area contributed by atoms with Crippen LogP contribution in [-0.2, 0) is 6.54 Å². The zero-order valence-corrected chi connectivity index (χ0v) is 20.8. The highest BCUT2D eigenvalue weighted by molar-refractivity contribution is 5.60. The lowest BCUT2D eigenvalue weighted by Crippen LogP contribution is -2.27. The molecule has 0 amide bonds. The Balaban J connectivity index is 1.42. The Kier molecular flexibility index (Phi) is 6.33. The quantitative estimate of drug-likeness (QED) is 0.319. The third-order valence-corrected chi connectivity index (χ3v) is 6.49. The van der Waals surface area contributed by atoms with Gasteiger partial charge in [0.05, 0.1) is 11.9 Å². The van der Waals surface area contributed by atoms with Crippen molar-refractivity contribution in [1.82, 2.24) is 24.3 Å². The average molecular weight is 467 g/mol. The molecule has 0 aliphatic carbocycles. The van der Waals surface area contributed by atoms with E-state index in [1.54, 1.807) is 0 Å². The SMILES string of the molecule is CCN(CC)Cc1ccc(-n2cc(-c3cccc4c[n+](-c5ccc(N(C)C)cc5)cn34)nn2)cc1. The molecule has 2 aromatic carbocycles. The van der Waals surface area contributed by atoms with Gasteiger partial charge in [-0.3, -0.25) is 4.90 Å². The van der Waals surface area contributed by atoms with E-state index in [9.17, 15) is 0 Å². The molecule has 0 saturated carbocycles. The lowest BCUT2D eigenvalue weighted by molar-refractivity contribution is -0.594. The first kappa shape index (κ1) is 22.8. The second kappa shape index (κ2) is 9.72. The molecule has 0 aliphatic heterocycles. The first-order chi connectivity index (χ1) is 17.1. The number of imidazole rings is 1. The van der Waals surface area contributed by atoms with Gasteiger partial charge in [0, 0.05) is 26.3 Å². The highest BCUT2D eigenvalue weighted by Gasteiger charge is 2.17. The normalized spacial score (nSPS) is 11.5. The Morgan fingerprint density at radius 2 is 1.63 bits per heavy atom. The van der Waals surface area contributed by atoms with Crippen LogP contribution < -0.4 is 9.47 Å². The molecule has 0 spiro atoms. The van der Waals surface area contributed by atoms with Crippen molar-refractivity contribution >= 4 is 11.2 Å². The van der Waals surface area contributed by atoms with Crippen LogP contribution in [0.15, 0.2) is 85.5 Å². The molecule has 0 aliphatic rings. The van der Waals surface area contributed by atoms with E-state index < -0.39 is 0 Å². The van der Waals surface area contributed by atoms with Gasteiger partial charge in [-0.2, -0.15) is 4.40 Å². The summed E-state index contributed by atoms with van der Waals surface area (Å²) in [5.41, 5.74) is 7.51. The molecule has 0 atom stereocenters. The number of benzene rings is 2. The van der Waals surface area contributed by atoms with E-state index >= 15 is 0 Å². The van der Waals surface area contributed by atoms with Crippen LogP contribution in [0.3, 0.4) is 0 Å². The Morgan fingerprint density at radius 1 is 0.886 bits per heavy atom. The molecule has 7 heteroatoms. The molecule has 0 radical (unpaired) electrons. The molecule has 0 fully saturated rings. The van der Waals surface area contributed by atoms with Crippen LogP contribution in [0, 0.1) is 0 Å². The van der Waals surface area contributed by atoms with Crippen molar-refractivity contribution in [1.29, 1.82) is 0 Å². The third kappa shape index (κ3) is 4.68. The maximum Gasteiger partial charge on any atom is 0.254 e. The highest BCUT2D eigenvalue weighted by atomic mass is 15.4. The maximum absolute atomic E-state index is 4.49. The molecule has 0 N–H and O–H groups in total. The summed E-state index contributed by atoms with van der Waals surface area (Å²) >= 11 is 0. The summed E-state index contributed by atoms with van der Waals surface area (Å²) < 4.78 is 6.13. The number of hydrogen-bond donors (Lipinski definition) is 0. The van der Waals surface area contributed by atoms with Crippen molar-refractivity contribution < 1.29 is 4.57 Å². The Labute approximate surface area is 206 Å². The van der Waals surface area contributed by atoms with Gasteiger partial charge in [0.2, 0.25) is 0 Å². The lowest BCUT2D eigenvalue weighted by atomic mass is 10.2. The summed E-state index contributed by atoms with van der Waals surface area (Å²) in [6, 6.07) is 23.3. The molecular formula is C28H32N7+. The predicted octanol–water partition coefficient (Wildman–Crippen LogP) is 4.37. The number of hydrogen-bond acceptors (Lipinski definition) is 4. The molecule has 35 heavy (non-hydrogen) atoms. The van der Waals surface area contributed by atoms with Gasteiger partial charge < -0.3 is 4.90 Å². The largest absolute Gasteiger partial charge is 0.378 e. The predicted molar refractivity (Wildman–Crippen MR) is 140 cm³/mol. The van der Waals surface area contributed by atoms with Gasteiger partial charge in [0.15, 0.2) is 16.9 Å². The van der Waals surface area contributed by atoms with E-state index in [1.165, 1.54) is 11.3 Å². The first-order valence-electron chi connectivity index (χ1n) is 12.1. The third-order valence-electron chi connectivity index (χ3n) is 6.49. The number of rotatable bonds is 8.